The third-order valence-corrected chi connectivity index (χ3v) is 6.71. The van der Waals surface area contributed by atoms with Crippen LogP contribution in [0.2, 0.25) is 0 Å². The van der Waals surface area contributed by atoms with Crippen LogP contribution >= 0.6 is 0 Å². The van der Waals surface area contributed by atoms with Crippen molar-refractivity contribution in [1.82, 2.24) is 24.4 Å². The number of hydrogen-bond donors (Lipinski definition) is 1. The summed E-state index contributed by atoms with van der Waals surface area (Å²) in [6.45, 7) is 5.79. The van der Waals surface area contributed by atoms with Crippen LogP contribution in [0.5, 0.6) is 0 Å². The standard InChI is InChI=1S/C27H28F2N6O.H2/c1-16(2)35-24-13-18(12-21(28)20(24)5-7-25(35)36)26-22(29)15-31-27(33-26)32-19-4-6-23(30-14-19)17-8-10-34(3)11-9-17;/h4-7,12-17H,8-11H2,1-3H3,(H,31,32,33);1H. The Balaban J connectivity index is 0.00000320. The normalized spacial score (nSPS) is 15.1. The van der Waals surface area contributed by atoms with Gasteiger partial charge in [0.25, 0.3) is 5.56 Å². The Labute approximate surface area is 209 Å². The molecule has 0 atom stereocenters. The minimum atomic E-state index is -0.690. The number of hydrogen-bond acceptors (Lipinski definition) is 6. The molecular weight excluding hydrogens is 462 g/mol. The molecule has 0 saturated carbocycles. The summed E-state index contributed by atoms with van der Waals surface area (Å²) in [5.41, 5.74) is 2.01. The van der Waals surface area contributed by atoms with Crippen LogP contribution in [0.25, 0.3) is 22.2 Å². The highest BCUT2D eigenvalue weighted by molar-refractivity contribution is 5.85. The zero-order valence-electron chi connectivity index (χ0n) is 20.5. The maximum atomic E-state index is 15.0. The molecule has 188 valence electrons. The first kappa shape index (κ1) is 24.0. The zero-order chi connectivity index (χ0) is 25.4. The Morgan fingerprint density at radius 1 is 1.03 bits per heavy atom. The molecule has 0 unspecified atom stereocenters. The van der Waals surface area contributed by atoms with E-state index in [1.807, 2.05) is 26.0 Å². The Hall–Kier alpha value is -3.72. The number of aromatic nitrogens is 4. The molecule has 4 heterocycles. The van der Waals surface area contributed by atoms with Crippen molar-refractivity contribution in [2.45, 2.75) is 38.6 Å². The molecular formula is C27H30F2N6O. The molecule has 1 aromatic carbocycles. The highest BCUT2D eigenvalue weighted by Gasteiger charge is 2.20. The number of halogens is 2. The van der Waals surface area contributed by atoms with Crippen LogP contribution in [0.15, 0.2) is 53.6 Å². The quantitative estimate of drug-likeness (QED) is 0.396. The van der Waals surface area contributed by atoms with Crippen molar-refractivity contribution in [1.29, 1.82) is 0 Å². The smallest absolute Gasteiger partial charge is 0.251 e. The first-order chi connectivity index (χ1) is 17.3. The summed E-state index contributed by atoms with van der Waals surface area (Å²) in [6, 6.07) is 9.30. The van der Waals surface area contributed by atoms with Gasteiger partial charge in [0.2, 0.25) is 5.95 Å². The summed E-state index contributed by atoms with van der Waals surface area (Å²) in [5, 5.41) is 3.35. The van der Waals surface area contributed by atoms with Crippen molar-refractivity contribution >= 4 is 22.5 Å². The van der Waals surface area contributed by atoms with E-state index in [1.54, 1.807) is 12.3 Å². The SMILES string of the molecule is CC(C)n1c(=O)ccc2c(F)cc(-c3nc(Nc4ccc(C5CCN(C)CC5)nc4)ncc3F)cc21.[HH]. The largest absolute Gasteiger partial charge is 0.323 e. The van der Waals surface area contributed by atoms with Gasteiger partial charge >= 0.3 is 0 Å². The van der Waals surface area contributed by atoms with Gasteiger partial charge in [-0.15, -0.1) is 0 Å². The molecule has 0 aliphatic carbocycles. The molecule has 36 heavy (non-hydrogen) atoms. The topological polar surface area (TPSA) is 75.9 Å². The second-order valence-corrected chi connectivity index (χ2v) is 9.59. The molecule has 1 N–H and O–H groups in total. The zero-order valence-corrected chi connectivity index (χ0v) is 20.5. The molecule has 1 saturated heterocycles. The summed E-state index contributed by atoms with van der Waals surface area (Å²) in [4.78, 5) is 27.7. The lowest BCUT2D eigenvalue weighted by Gasteiger charge is -2.28. The molecule has 7 nitrogen and oxygen atoms in total. The van der Waals surface area contributed by atoms with Gasteiger partial charge in [0.05, 0.1) is 23.6 Å². The van der Waals surface area contributed by atoms with E-state index < -0.39 is 11.6 Å². The van der Waals surface area contributed by atoms with Gasteiger partial charge in [0.15, 0.2) is 5.82 Å². The highest BCUT2D eigenvalue weighted by atomic mass is 19.1. The van der Waals surface area contributed by atoms with Gasteiger partial charge in [0.1, 0.15) is 11.5 Å². The minimum Gasteiger partial charge on any atom is -0.323 e. The first-order valence-electron chi connectivity index (χ1n) is 12.1. The van der Waals surface area contributed by atoms with Crippen LogP contribution in [0.3, 0.4) is 0 Å². The van der Waals surface area contributed by atoms with Gasteiger partial charge in [-0.05, 0) is 77.2 Å². The molecule has 1 fully saturated rings. The van der Waals surface area contributed by atoms with Crippen molar-refractivity contribution in [3.8, 4) is 11.3 Å². The van der Waals surface area contributed by atoms with E-state index in [-0.39, 0.29) is 35.6 Å². The number of pyridine rings is 2. The van der Waals surface area contributed by atoms with Crippen molar-refractivity contribution < 1.29 is 10.2 Å². The Morgan fingerprint density at radius 2 is 1.81 bits per heavy atom. The molecule has 0 spiro atoms. The number of anilines is 2. The van der Waals surface area contributed by atoms with Gasteiger partial charge in [0, 0.05) is 36.1 Å². The van der Waals surface area contributed by atoms with Gasteiger partial charge in [-0.3, -0.25) is 9.78 Å². The monoisotopic (exact) mass is 492 g/mol. The van der Waals surface area contributed by atoms with Crippen molar-refractivity contribution in [2.24, 2.45) is 0 Å². The van der Waals surface area contributed by atoms with E-state index >= 15 is 0 Å². The minimum absolute atomic E-state index is 0. The fraction of sp³-hybridized carbons (Fsp3) is 0.333. The van der Waals surface area contributed by atoms with Crippen LogP contribution in [0.4, 0.5) is 20.4 Å². The maximum absolute atomic E-state index is 15.0. The maximum Gasteiger partial charge on any atom is 0.251 e. The summed E-state index contributed by atoms with van der Waals surface area (Å²) >= 11 is 0. The fourth-order valence-corrected chi connectivity index (χ4v) is 4.77. The van der Waals surface area contributed by atoms with Crippen molar-refractivity contribution in [3.63, 3.8) is 0 Å². The number of nitrogens with one attached hydrogen (secondary N) is 1. The van der Waals surface area contributed by atoms with Crippen LogP contribution in [-0.2, 0) is 0 Å². The molecule has 1 aliphatic rings. The third kappa shape index (κ3) is 4.70. The average Bonchev–Trinajstić information content (AvgIpc) is 2.85. The van der Waals surface area contributed by atoms with Crippen molar-refractivity contribution in [2.75, 3.05) is 25.5 Å². The van der Waals surface area contributed by atoms with Crippen LogP contribution in [0, 0.1) is 11.6 Å². The van der Waals surface area contributed by atoms with Gasteiger partial charge < -0.3 is 14.8 Å². The van der Waals surface area contributed by atoms with E-state index in [2.05, 4.69) is 32.2 Å². The lowest BCUT2D eigenvalue weighted by atomic mass is 9.93. The number of nitrogens with zero attached hydrogens (tertiary/aromatic N) is 5. The predicted octanol–water partition coefficient (Wildman–Crippen LogP) is 5.51. The molecule has 5 rings (SSSR count). The average molecular weight is 493 g/mol. The fourth-order valence-electron chi connectivity index (χ4n) is 4.77. The molecule has 4 aromatic rings. The van der Waals surface area contributed by atoms with Crippen LogP contribution < -0.4 is 10.9 Å². The molecule has 9 heteroatoms. The summed E-state index contributed by atoms with van der Waals surface area (Å²) in [7, 11) is 2.13. The molecule has 0 radical (unpaired) electrons. The predicted molar refractivity (Wildman–Crippen MR) is 139 cm³/mol. The van der Waals surface area contributed by atoms with E-state index in [4.69, 9.17) is 0 Å². The number of fused-ring (bicyclic) bond motifs is 1. The molecule has 0 bridgehead atoms. The molecule has 0 amide bonds. The summed E-state index contributed by atoms with van der Waals surface area (Å²) < 4.78 is 31.3. The van der Waals surface area contributed by atoms with Gasteiger partial charge in [-0.2, -0.15) is 0 Å². The van der Waals surface area contributed by atoms with Gasteiger partial charge in [-0.1, -0.05) is 0 Å². The summed E-state index contributed by atoms with van der Waals surface area (Å²) in [5.74, 6) is -0.646. The Bertz CT molecular complexity index is 1470. The second kappa shape index (κ2) is 9.73. The Kier molecular flexibility index (Phi) is 6.49. The lowest BCUT2D eigenvalue weighted by Crippen LogP contribution is -2.29. The number of benzene rings is 1. The molecule has 3 aromatic heterocycles. The van der Waals surface area contributed by atoms with Crippen LogP contribution in [0.1, 0.15) is 45.8 Å². The third-order valence-electron chi connectivity index (χ3n) is 6.71. The van der Waals surface area contributed by atoms with Crippen LogP contribution in [-0.4, -0.2) is 44.6 Å². The van der Waals surface area contributed by atoms with E-state index in [9.17, 15) is 13.6 Å². The lowest BCUT2D eigenvalue weighted by molar-refractivity contribution is 0.253. The number of rotatable bonds is 5. The van der Waals surface area contributed by atoms with Gasteiger partial charge in [-0.25, -0.2) is 18.7 Å². The Morgan fingerprint density at radius 3 is 2.50 bits per heavy atom. The van der Waals surface area contributed by atoms with Crippen molar-refractivity contribution in [3.05, 3.63) is 76.5 Å². The number of piperidine rings is 1. The van der Waals surface area contributed by atoms with E-state index in [0.717, 1.165) is 37.8 Å². The number of likely N-dealkylation sites (tertiary alicyclic amines) is 1. The first-order valence-corrected chi connectivity index (χ1v) is 12.1. The van der Waals surface area contributed by atoms with E-state index in [1.165, 1.54) is 22.8 Å². The van der Waals surface area contributed by atoms with E-state index in [0.29, 0.717) is 17.1 Å². The molecule has 1 aliphatic heterocycles. The highest BCUT2D eigenvalue weighted by Crippen LogP contribution is 2.30. The summed E-state index contributed by atoms with van der Waals surface area (Å²) in [6.07, 6.45) is 4.92. The second-order valence-electron chi connectivity index (χ2n) is 9.59.